The predicted octanol–water partition coefficient (Wildman–Crippen LogP) is 2.19. The Kier molecular flexibility index (Phi) is 6.11. The van der Waals surface area contributed by atoms with Crippen molar-refractivity contribution in [3.05, 3.63) is 75.9 Å². The lowest BCUT2D eigenvalue weighted by Crippen LogP contribution is -2.32. The molecular formula is C18H15FN2O6S2. The van der Waals surface area contributed by atoms with Crippen molar-refractivity contribution in [3.63, 3.8) is 0 Å². The van der Waals surface area contributed by atoms with Crippen LogP contribution in [0.15, 0.2) is 63.4 Å². The number of carbonyl (C=O) groups is 2. The molecule has 0 saturated carbocycles. The second kappa shape index (κ2) is 8.55. The molecule has 1 atom stereocenters. The molecule has 2 aromatic heterocycles. The highest BCUT2D eigenvalue weighted by Crippen LogP contribution is 2.26. The van der Waals surface area contributed by atoms with Gasteiger partial charge in [0.25, 0.3) is 15.9 Å². The summed E-state index contributed by atoms with van der Waals surface area (Å²) < 4.78 is 45.2. The molecule has 0 fully saturated rings. The third kappa shape index (κ3) is 5.28. The molecule has 1 aromatic carbocycles. The lowest BCUT2D eigenvalue weighted by molar-refractivity contribution is -0.124. The van der Waals surface area contributed by atoms with Gasteiger partial charge in [0.05, 0.1) is 6.04 Å². The Morgan fingerprint density at radius 3 is 2.48 bits per heavy atom. The van der Waals surface area contributed by atoms with Crippen molar-refractivity contribution in [2.24, 2.45) is 5.14 Å². The molecule has 3 N–H and O–H groups in total. The number of sulfonamides is 1. The molecule has 0 radical (unpaired) electrons. The van der Waals surface area contributed by atoms with Crippen LogP contribution < -0.4 is 10.5 Å². The Hall–Kier alpha value is -3.02. The minimum atomic E-state index is -4.10. The van der Waals surface area contributed by atoms with Crippen LogP contribution in [0.5, 0.6) is 0 Å². The van der Waals surface area contributed by atoms with Crippen LogP contribution in [-0.2, 0) is 19.6 Å². The number of ether oxygens (including phenoxy) is 1. The van der Waals surface area contributed by atoms with Crippen LogP contribution >= 0.6 is 11.3 Å². The maximum atomic E-state index is 13.2. The standard InChI is InChI=1S/C18H15FN2O6S2/c19-12-5-3-11(4-6-12)17(14-2-1-9-28-14)21-15(22)10-26-18(23)13-7-8-16(27-13)29(20,24)25/h1-9,17H,10H2,(H,21,22)(H2,20,24,25). The molecule has 0 saturated heterocycles. The molecule has 3 aromatic rings. The van der Waals surface area contributed by atoms with Crippen molar-refractivity contribution in [1.29, 1.82) is 0 Å². The molecule has 3 rings (SSSR count). The molecule has 0 bridgehead atoms. The molecule has 2 heterocycles. The SMILES string of the molecule is NS(=O)(=O)c1ccc(C(=O)OCC(=O)NC(c2ccc(F)cc2)c2cccs2)o1. The number of rotatable bonds is 7. The number of carbonyl (C=O) groups excluding carboxylic acids is 2. The second-order valence-corrected chi connectivity index (χ2v) is 8.28. The highest BCUT2D eigenvalue weighted by molar-refractivity contribution is 7.89. The Morgan fingerprint density at radius 2 is 1.90 bits per heavy atom. The average Bonchev–Trinajstić information content (AvgIpc) is 3.36. The molecule has 8 nitrogen and oxygen atoms in total. The Labute approximate surface area is 169 Å². The Morgan fingerprint density at radius 1 is 1.17 bits per heavy atom. The minimum absolute atomic E-state index is 0.406. The van der Waals surface area contributed by atoms with E-state index in [0.29, 0.717) is 5.56 Å². The number of esters is 1. The zero-order valence-electron chi connectivity index (χ0n) is 14.7. The topological polar surface area (TPSA) is 129 Å². The number of benzene rings is 1. The summed E-state index contributed by atoms with van der Waals surface area (Å²) in [6.07, 6.45) is 0. The summed E-state index contributed by atoms with van der Waals surface area (Å²) >= 11 is 1.40. The molecule has 29 heavy (non-hydrogen) atoms. The first-order valence-electron chi connectivity index (χ1n) is 8.12. The van der Waals surface area contributed by atoms with Crippen LogP contribution in [-0.4, -0.2) is 26.9 Å². The van der Waals surface area contributed by atoms with Crippen molar-refractivity contribution < 1.29 is 31.6 Å². The number of primary sulfonamides is 1. The fourth-order valence-electron chi connectivity index (χ4n) is 2.42. The van der Waals surface area contributed by atoms with E-state index < -0.39 is 51.2 Å². The zero-order valence-corrected chi connectivity index (χ0v) is 16.3. The van der Waals surface area contributed by atoms with Gasteiger partial charge in [0.1, 0.15) is 5.82 Å². The first-order chi connectivity index (χ1) is 13.7. The minimum Gasteiger partial charge on any atom is -0.450 e. The smallest absolute Gasteiger partial charge is 0.374 e. The summed E-state index contributed by atoms with van der Waals surface area (Å²) in [7, 11) is -4.10. The summed E-state index contributed by atoms with van der Waals surface area (Å²) in [4.78, 5) is 25.0. The lowest BCUT2D eigenvalue weighted by Gasteiger charge is -2.18. The van der Waals surface area contributed by atoms with Crippen molar-refractivity contribution in [2.45, 2.75) is 11.1 Å². The van der Waals surface area contributed by atoms with E-state index in [1.807, 2.05) is 17.5 Å². The molecule has 0 spiro atoms. The van der Waals surface area contributed by atoms with Crippen LogP contribution in [0.2, 0.25) is 0 Å². The molecule has 152 valence electrons. The fraction of sp³-hybridized carbons (Fsp3) is 0.111. The van der Waals surface area contributed by atoms with Gasteiger partial charge >= 0.3 is 5.97 Å². The maximum absolute atomic E-state index is 13.2. The van der Waals surface area contributed by atoms with Crippen LogP contribution in [0.1, 0.15) is 27.0 Å². The van der Waals surface area contributed by atoms with E-state index in [1.165, 1.54) is 23.5 Å². The van der Waals surface area contributed by atoms with Crippen molar-refractivity contribution >= 4 is 33.2 Å². The number of hydrogen-bond donors (Lipinski definition) is 2. The molecule has 1 amide bonds. The fourth-order valence-corrected chi connectivity index (χ4v) is 3.68. The number of hydrogen-bond acceptors (Lipinski definition) is 7. The summed E-state index contributed by atoms with van der Waals surface area (Å²) in [5.74, 6) is -2.45. The Balaban J connectivity index is 1.65. The normalized spacial score (nSPS) is 12.3. The van der Waals surface area contributed by atoms with Gasteiger partial charge in [-0.1, -0.05) is 18.2 Å². The van der Waals surface area contributed by atoms with Crippen LogP contribution in [0, 0.1) is 5.82 Å². The van der Waals surface area contributed by atoms with E-state index in [2.05, 4.69) is 5.32 Å². The van der Waals surface area contributed by atoms with Crippen molar-refractivity contribution in [2.75, 3.05) is 6.61 Å². The van der Waals surface area contributed by atoms with Gasteiger partial charge in [-0.25, -0.2) is 22.7 Å². The van der Waals surface area contributed by atoms with Crippen molar-refractivity contribution in [3.8, 4) is 0 Å². The average molecular weight is 438 g/mol. The third-order valence-corrected chi connectivity index (χ3v) is 5.45. The monoisotopic (exact) mass is 438 g/mol. The summed E-state index contributed by atoms with van der Waals surface area (Å²) in [6.45, 7) is -0.632. The van der Waals surface area contributed by atoms with Gasteiger partial charge < -0.3 is 14.5 Å². The summed E-state index contributed by atoms with van der Waals surface area (Å²) in [6, 6.07) is 10.8. The van der Waals surface area contributed by atoms with E-state index in [1.54, 1.807) is 12.1 Å². The van der Waals surface area contributed by atoms with Crippen LogP contribution in [0.4, 0.5) is 4.39 Å². The van der Waals surface area contributed by atoms with E-state index in [-0.39, 0.29) is 0 Å². The number of furan rings is 1. The quantitative estimate of drug-likeness (QED) is 0.544. The van der Waals surface area contributed by atoms with E-state index in [0.717, 1.165) is 17.0 Å². The molecule has 0 aliphatic rings. The van der Waals surface area contributed by atoms with E-state index in [9.17, 15) is 22.4 Å². The summed E-state index contributed by atoms with van der Waals surface area (Å²) in [5, 5.41) is 8.85. The maximum Gasteiger partial charge on any atom is 0.374 e. The first-order valence-corrected chi connectivity index (χ1v) is 10.5. The molecule has 11 heteroatoms. The number of thiophene rings is 1. The highest BCUT2D eigenvalue weighted by atomic mass is 32.2. The Bertz CT molecular complexity index is 1110. The van der Waals surface area contributed by atoms with Crippen LogP contribution in [0.25, 0.3) is 0 Å². The van der Waals surface area contributed by atoms with Gasteiger partial charge in [-0.2, -0.15) is 0 Å². The van der Waals surface area contributed by atoms with Crippen LogP contribution in [0.3, 0.4) is 0 Å². The van der Waals surface area contributed by atoms with E-state index in [4.69, 9.17) is 14.3 Å². The van der Waals surface area contributed by atoms with Crippen molar-refractivity contribution in [1.82, 2.24) is 5.32 Å². The number of halogens is 1. The van der Waals surface area contributed by atoms with Gasteiger partial charge in [0.2, 0.25) is 10.9 Å². The predicted molar refractivity (Wildman–Crippen MR) is 101 cm³/mol. The third-order valence-electron chi connectivity index (χ3n) is 3.73. The zero-order chi connectivity index (χ0) is 21.0. The molecule has 0 aliphatic heterocycles. The lowest BCUT2D eigenvalue weighted by atomic mass is 10.1. The number of nitrogens with one attached hydrogen (secondary N) is 1. The molecule has 0 aliphatic carbocycles. The largest absolute Gasteiger partial charge is 0.450 e. The highest BCUT2D eigenvalue weighted by Gasteiger charge is 2.21. The van der Waals surface area contributed by atoms with Gasteiger partial charge in [-0.05, 0) is 41.3 Å². The van der Waals surface area contributed by atoms with Gasteiger partial charge in [0, 0.05) is 4.88 Å². The molecule has 1 unspecified atom stereocenters. The van der Waals surface area contributed by atoms with E-state index >= 15 is 0 Å². The number of amides is 1. The second-order valence-electron chi connectivity index (χ2n) is 5.81. The van der Waals surface area contributed by atoms with Gasteiger partial charge in [-0.3, -0.25) is 4.79 Å². The van der Waals surface area contributed by atoms with Gasteiger partial charge in [-0.15, -0.1) is 11.3 Å². The van der Waals surface area contributed by atoms with Gasteiger partial charge in [0.15, 0.2) is 6.61 Å². The number of nitrogens with two attached hydrogens (primary N) is 1. The summed E-state index contributed by atoms with van der Waals surface area (Å²) in [5.41, 5.74) is 0.650. The first kappa shape index (κ1) is 20.7. The molecular weight excluding hydrogens is 423 g/mol.